The minimum absolute atomic E-state index is 0.375. The summed E-state index contributed by atoms with van der Waals surface area (Å²) in [5.74, 6) is -0.792. The molecule has 1 N–H and O–H groups in total. The summed E-state index contributed by atoms with van der Waals surface area (Å²) in [5.41, 5.74) is 0. The molecular formula is C9H10ClNO4P+. The predicted octanol–water partition coefficient (Wildman–Crippen LogP) is 2.65. The summed E-state index contributed by atoms with van der Waals surface area (Å²) in [4.78, 5) is 16.6. The van der Waals surface area contributed by atoms with Gasteiger partial charge in [0.15, 0.2) is 11.8 Å². The molecule has 0 fully saturated rings. The van der Waals surface area contributed by atoms with Crippen molar-refractivity contribution >= 4 is 24.5 Å². The first-order chi connectivity index (χ1) is 7.52. The molecule has 0 aromatic heterocycles. The minimum Gasteiger partial charge on any atom is -0.480 e. The van der Waals surface area contributed by atoms with Crippen molar-refractivity contribution in [2.24, 2.45) is 0 Å². The number of carboxylic acids is 1. The second-order valence-electron chi connectivity index (χ2n) is 2.95. The topological polar surface area (TPSA) is 66.8 Å². The van der Waals surface area contributed by atoms with E-state index >= 15 is 0 Å². The second kappa shape index (κ2) is 5.80. The van der Waals surface area contributed by atoms with Gasteiger partial charge in [0.1, 0.15) is 4.83 Å². The molecule has 0 amide bonds. The quantitative estimate of drug-likeness (QED) is 0.653. The monoisotopic (exact) mass is 262 g/mol. The van der Waals surface area contributed by atoms with Crippen LogP contribution in [0, 0.1) is 0 Å². The van der Waals surface area contributed by atoms with Gasteiger partial charge in [0.05, 0.1) is 0 Å². The van der Waals surface area contributed by atoms with Gasteiger partial charge in [0, 0.05) is 0 Å². The summed E-state index contributed by atoms with van der Waals surface area (Å²) in [5, 5.41) is 8.77. The van der Waals surface area contributed by atoms with Gasteiger partial charge in [-0.15, -0.1) is 0 Å². The van der Waals surface area contributed by atoms with Crippen molar-refractivity contribution in [2.75, 3.05) is 0 Å². The standard InChI is InChI=1S/C9H9ClNO4P/c1-7(9(12)13)11(16(10)14)15-8-5-3-2-4-6-8/h2-7H,1H3/p+1. The average Bonchev–Trinajstić information content (AvgIpc) is 2.26. The van der Waals surface area contributed by atoms with Crippen molar-refractivity contribution in [3.05, 3.63) is 30.3 Å². The number of halogens is 1. The molecule has 86 valence electrons. The summed E-state index contributed by atoms with van der Waals surface area (Å²) in [7, 11) is -2.41. The first-order valence-corrected chi connectivity index (χ1v) is 6.52. The van der Waals surface area contributed by atoms with E-state index in [1.54, 1.807) is 30.3 Å². The lowest BCUT2D eigenvalue weighted by molar-refractivity contribution is -0.147. The van der Waals surface area contributed by atoms with Crippen LogP contribution in [0.2, 0.25) is 0 Å². The van der Waals surface area contributed by atoms with E-state index in [9.17, 15) is 9.36 Å². The number of carbonyl (C=O) groups is 1. The Balaban J connectivity index is 2.81. The molecule has 0 aliphatic heterocycles. The summed E-state index contributed by atoms with van der Waals surface area (Å²) in [6, 6.07) is 7.31. The molecule has 7 heteroatoms. The molecule has 0 aliphatic carbocycles. The van der Waals surface area contributed by atoms with Crippen LogP contribution >= 0.6 is 18.5 Å². The molecular weight excluding hydrogens is 253 g/mol. The van der Waals surface area contributed by atoms with E-state index in [1.807, 2.05) is 0 Å². The van der Waals surface area contributed by atoms with Crippen molar-refractivity contribution in [2.45, 2.75) is 13.0 Å². The Morgan fingerprint density at radius 1 is 1.50 bits per heavy atom. The van der Waals surface area contributed by atoms with E-state index < -0.39 is 19.3 Å². The van der Waals surface area contributed by atoms with Gasteiger partial charge < -0.3 is 9.94 Å². The van der Waals surface area contributed by atoms with Crippen molar-refractivity contribution in [1.29, 1.82) is 0 Å². The molecule has 5 nitrogen and oxygen atoms in total. The van der Waals surface area contributed by atoms with E-state index in [0.29, 0.717) is 5.75 Å². The van der Waals surface area contributed by atoms with Crippen LogP contribution in [-0.4, -0.2) is 22.0 Å². The van der Waals surface area contributed by atoms with Crippen molar-refractivity contribution in [1.82, 2.24) is 4.83 Å². The van der Waals surface area contributed by atoms with Crippen LogP contribution in [0.25, 0.3) is 0 Å². The third kappa shape index (κ3) is 3.45. The lowest BCUT2D eigenvalue weighted by atomic mass is 10.3. The Hall–Kier alpha value is -1.16. The first kappa shape index (κ1) is 12.9. The highest BCUT2D eigenvalue weighted by Crippen LogP contribution is 2.35. The zero-order valence-corrected chi connectivity index (χ0v) is 10.1. The van der Waals surface area contributed by atoms with Crippen LogP contribution in [0.1, 0.15) is 6.92 Å². The molecule has 2 atom stereocenters. The molecule has 1 aromatic carbocycles. The van der Waals surface area contributed by atoms with Crippen LogP contribution in [0.4, 0.5) is 0 Å². The summed E-state index contributed by atoms with van der Waals surface area (Å²) < 4.78 is 11.1. The van der Waals surface area contributed by atoms with E-state index in [4.69, 9.17) is 21.2 Å². The number of aliphatic carboxylic acids is 1. The predicted molar refractivity (Wildman–Crippen MR) is 59.5 cm³/mol. The number of carboxylic acid groups (broad SMARTS) is 1. The third-order valence-corrected chi connectivity index (χ3v) is 2.97. The Bertz CT molecular complexity index is 386. The lowest BCUT2D eigenvalue weighted by Gasteiger charge is -2.13. The minimum atomic E-state index is -2.41. The SMILES string of the molecule is CC(C(=O)O)N(Oc1ccccc1)[P+](=O)Cl. The van der Waals surface area contributed by atoms with Crippen LogP contribution < -0.4 is 4.84 Å². The average molecular weight is 263 g/mol. The van der Waals surface area contributed by atoms with Gasteiger partial charge in [-0.25, -0.2) is 0 Å². The summed E-state index contributed by atoms with van der Waals surface area (Å²) >= 11 is 5.38. The molecule has 0 radical (unpaired) electrons. The number of nitrogens with zero attached hydrogens (tertiary/aromatic N) is 1. The van der Waals surface area contributed by atoms with Gasteiger partial charge in [-0.2, -0.15) is 0 Å². The van der Waals surface area contributed by atoms with Gasteiger partial charge in [0.2, 0.25) is 11.2 Å². The van der Waals surface area contributed by atoms with E-state index in [0.717, 1.165) is 4.83 Å². The van der Waals surface area contributed by atoms with E-state index in [-0.39, 0.29) is 0 Å². The number of hydroxylamine groups is 1. The normalized spacial score (nSPS) is 13.3. The van der Waals surface area contributed by atoms with Crippen LogP contribution in [0.3, 0.4) is 0 Å². The molecule has 2 unspecified atom stereocenters. The van der Waals surface area contributed by atoms with Crippen LogP contribution in [0.5, 0.6) is 5.75 Å². The number of rotatable bonds is 5. The van der Waals surface area contributed by atoms with Gasteiger partial charge in [-0.3, -0.25) is 4.79 Å². The molecule has 0 heterocycles. The zero-order valence-electron chi connectivity index (χ0n) is 8.41. The molecule has 0 saturated heterocycles. The fourth-order valence-corrected chi connectivity index (χ4v) is 1.95. The molecule has 1 aromatic rings. The lowest BCUT2D eigenvalue weighted by Crippen LogP contribution is -2.35. The Morgan fingerprint density at radius 3 is 2.50 bits per heavy atom. The zero-order chi connectivity index (χ0) is 12.1. The number of para-hydroxylation sites is 1. The maximum absolute atomic E-state index is 11.1. The van der Waals surface area contributed by atoms with Gasteiger partial charge in [-0.1, -0.05) is 18.2 Å². The highest BCUT2D eigenvalue weighted by molar-refractivity contribution is 7.71. The highest BCUT2D eigenvalue weighted by Gasteiger charge is 2.39. The van der Waals surface area contributed by atoms with Gasteiger partial charge in [-0.05, 0) is 23.6 Å². The molecule has 0 bridgehead atoms. The number of hydrogen-bond donors (Lipinski definition) is 1. The summed E-state index contributed by atoms with van der Waals surface area (Å²) in [6.07, 6.45) is 0. The van der Waals surface area contributed by atoms with Crippen LogP contribution in [0.15, 0.2) is 30.3 Å². The van der Waals surface area contributed by atoms with Crippen molar-refractivity contribution < 1.29 is 19.3 Å². The Labute approximate surface area is 98.2 Å². The van der Waals surface area contributed by atoms with Crippen LogP contribution in [-0.2, 0) is 9.36 Å². The summed E-state index contributed by atoms with van der Waals surface area (Å²) in [6.45, 7) is 1.33. The largest absolute Gasteiger partial charge is 0.593 e. The highest BCUT2D eigenvalue weighted by atomic mass is 35.7. The van der Waals surface area contributed by atoms with Gasteiger partial charge in [0.25, 0.3) is 0 Å². The smallest absolute Gasteiger partial charge is 0.480 e. The Kier molecular flexibility index (Phi) is 4.68. The number of hydrogen-bond acceptors (Lipinski definition) is 3. The number of benzene rings is 1. The second-order valence-corrected chi connectivity index (χ2v) is 4.66. The van der Waals surface area contributed by atoms with Gasteiger partial charge >= 0.3 is 13.3 Å². The third-order valence-electron chi connectivity index (χ3n) is 1.79. The molecule has 0 saturated carbocycles. The fraction of sp³-hybridized carbons (Fsp3) is 0.222. The molecule has 16 heavy (non-hydrogen) atoms. The van der Waals surface area contributed by atoms with E-state index in [1.165, 1.54) is 6.92 Å². The van der Waals surface area contributed by atoms with Crippen molar-refractivity contribution in [3.8, 4) is 5.75 Å². The molecule has 0 spiro atoms. The fourth-order valence-electron chi connectivity index (χ4n) is 0.931. The van der Waals surface area contributed by atoms with E-state index in [2.05, 4.69) is 0 Å². The first-order valence-electron chi connectivity index (χ1n) is 4.40. The maximum Gasteiger partial charge on any atom is 0.593 e. The maximum atomic E-state index is 11.1. The Morgan fingerprint density at radius 2 is 2.06 bits per heavy atom. The van der Waals surface area contributed by atoms with Crippen molar-refractivity contribution in [3.63, 3.8) is 0 Å². The molecule has 1 rings (SSSR count). The molecule has 0 aliphatic rings.